The monoisotopic (exact) mass is 294 g/mol. The fraction of sp³-hybridized carbons (Fsp3) is 0.125. The second kappa shape index (κ2) is 5.40. The molecule has 0 aromatic heterocycles. The molecule has 22 heavy (non-hydrogen) atoms. The molecule has 1 heterocycles. The quantitative estimate of drug-likeness (QED) is 0.495. The minimum absolute atomic E-state index is 0.111. The lowest BCUT2D eigenvalue weighted by Gasteiger charge is -2.13. The van der Waals surface area contributed by atoms with Gasteiger partial charge in [-0.25, -0.2) is 0 Å². The van der Waals surface area contributed by atoms with Crippen LogP contribution >= 0.6 is 0 Å². The summed E-state index contributed by atoms with van der Waals surface area (Å²) in [7, 11) is 0. The Morgan fingerprint density at radius 1 is 1.32 bits per heavy atom. The summed E-state index contributed by atoms with van der Waals surface area (Å²) in [5.41, 5.74) is 3.25. The molecule has 0 amide bonds. The molecule has 0 saturated carbocycles. The van der Waals surface area contributed by atoms with Gasteiger partial charge in [-0.1, -0.05) is 17.4 Å². The van der Waals surface area contributed by atoms with Crippen molar-refractivity contribution in [3.05, 3.63) is 62.7 Å². The molecule has 0 aliphatic carbocycles. The molecule has 2 aromatic rings. The average Bonchev–Trinajstić information content (AvgIpc) is 2.95. The molecule has 0 fully saturated rings. The van der Waals surface area contributed by atoms with Crippen LogP contribution in [0.15, 0.2) is 40.3 Å². The van der Waals surface area contributed by atoms with E-state index in [0.717, 1.165) is 11.1 Å². The van der Waals surface area contributed by atoms with Crippen molar-refractivity contribution in [3.63, 3.8) is 0 Å². The highest BCUT2D eigenvalue weighted by molar-refractivity contribution is 5.89. The molecule has 0 atom stereocenters. The number of hydrogen-bond donors (Lipinski definition) is 0. The molecular formula is C16H12N3O3-. The first kappa shape index (κ1) is 13.9. The first-order valence-corrected chi connectivity index (χ1v) is 6.67. The molecule has 0 unspecified atom stereocenters. The van der Waals surface area contributed by atoms with Crippen molar-refractivity contribution >= 4 is 23.8 Å². The summed E-state index contributed by atoms with van der Waals surface area (Å²) < 4.78 is 0. The van der Waals surface area contributed by atoms with E-state index < -0.39 is 4.92 Å². The van der Waals surface area contributed by atoms with Gasteiger partial charge in [0.25, 0.3) is 5.69 Å². The van der Waals surface area contributed by atoms with Crippen molar-refractivity contribution < 1.29 is 10.0 Å². The first-order valence-electron chi connectivity index (χ1n) is 6.67. The van der Waals surface area contributed by atoms with E-state index in [1.165, 1.54) is 18.3 Å². The summed E-state index contributed by atoms with van der Waals surface area (Å²) in [4.78, 5) is 18.8. The minimum atomic E-state index is -0.518. The molecular weight excluding hydrogens is 282 g/mol. The third kappa shape index (κ3) is 2.58. The minimum Gasteiger partial charge on any atom is -0.872 e. The van der Waals surface area contributed by atoms with Gasteiger partial charge in [0.05, 0.1) is 17.2 Å². The lowest BCUT2D eigenvalue weighted by molar-refractivity contribution is -0.385. The number of non-ortho nitro benzene ring substituents is 1. The zero-order valence-corrected chi connectivity index (χ0v) is 11.8. The van der Waals surface area contributed by atoms with Crippen LogP contribution in [-0.2, 0) is 6.54 Å². The van der Waals surface area contributed by atoms with Crippen LogP contribution in [0.5, 0.6) is 5.75 Å². The Balaban J connectivity index is 1.95. The molecule has 0 radical (unpaired) electrons. The summed E-state index contributed by atoms with van der Waals surface area (Å²) in [6.07, 6.45) is 3.15. The third-order valence-electron chi connectivity index (χ3n) is 3.47. The maximum absolute atomic E-state index is 12.0. The van der Waals surface area contributed by atoms with Crippen LogP contribution in [-0.4, -0.2) is 17.4 Å². The molecule has 1 aliphatic heterocycles. The first-order chi connectivity index (χ1) is 10.5. The molecule has 0 saturated heterocycles. The van der Waals surface area contributed by atoms with Crippen molar-refractivity contribution in [2.45, 2.75) is 13.5 Å². The van der Waals surface area contributed by atoms with E-state index in [-0.39, 0.29) is 17.0 Å². The number of nitro benzene ring substituents is 1. The Bertz CT molecular complexity index is 826. The van der Waals surface area contributed by atoms with Gasteiger partial charge in [-0.05, 0) is 35.7 Å². The summed E-state index contributed by atoms with van der Waals surface area (Å²) >= 11 is 0. The highest BCUT2D eigenvalue weighted by Crippen LogP contribution is 2.26. The molecule has 110 valence electrons. The Kier molecular flexibility index (Phi) is 3.42. The van der Waals surface area contributed by atoms with Crippen LogP contribution in [0.4, 0.5) is 11.4 Å². The molecule has 2 aromatic carbocycles. The zero-order valence-electron chi connectivity index (χ0n) is 11.8. The Morgan fingerprint density at radius 3 is 2.91 bits per heavy atom. The maximum Gasteiger partial charge on any atom is 0.270 e. The fourth-order valence-corrected chi connectivity index (χ4v) is 2.30. The van der Waals surface area contributed by atoms with Gasteiger partial charge in [0.2, 0.25) is 0 Å². The van der Waals surface area contributed by atoms with Gasteiger partial charge in [-0.3, -0.25) is 20.1 Å². The highest BCUT2D eigenvalue weighted by Gasteiger charge is 2.09. The van der Waals surface area contributed by atoms with Crippen LogP contribution in [0.3, 0.4) is 0 Å². The van der Waals surface area contributed by atoms with Gasteiger partial charge >= 0.3 is 0 Å². The second-order valence-corrected chi connectivity index (χ2v) is 5.05. The summed E-state index contributed by atoms with van der Waals surface area (Å²) in [6, 6.07) is 8.15. The third-order valence-corrected chi connectivity index (χ3v) is 3.47. The lowest BCUT2D eigenvalue weighted by Crippen LogP contribution is -2.01. The van der Waals surface area contributed by atoms with E-state index in [2.05, 4.69) is 9.98 Å². The van der Waals surface area contributed by atoms with Crippen molar-refractivity contribution in [3.8, 4) is 5.75 Å². The Hall–Kier alpha value is -3.02. The van der Waals surface area contributed by atoms with Crippen LogP contribution in [0.25, 0.3) is 0 Å². The standard InChI is InChI=1S/C16H13N3O3/c1-10-4-15(19(21)22)6-13(16(10)20)9-18-14-3-2-11-7-17-8-12(11)5-14/h2-6,8-9,20H,7H2,1H3/p-1. The number of nitro groups is 1. The van der Waals surface area contributed by atoms with E-state index in [0.29, 0.717) is 17.8 Å². The SMILES string of the molecule is Cc1cc([N+](=O)[O-])cc(C=Nc2ccc3c(c2)C=NC3)c1[O-]. The molecule has 6 nitrogen and oxygen atoms in total. The predicted octanol–water partition coefficient (Wildman–Crippen LogP) is 2.66. The topological polar surface area (TPSA) is 90.9 Å². The number of nitrogens with zero attached hydrogens (tertiary/aromatic N) is 3. The predicted molar refractivity (Wildman–Crippen MR) is 82.3 cm³/mol. The van der Waals surface area contributed by atoms with Crippen molar-refractivity contribution in [1.82, 2.24) is 0 Å². The van der Waals surface area contributed by atoms with E-state index in [1.807, 2.05) is 18.2 Å². The maximum atomic E-state index is 12.0. The van der Waals surface area contributed by atoms with Gasteiger partial charge in [0.15, 0.2) is 0 Å². The smallest absolute Gasteiger partial charge is 0.270 e. The fourth-order valence-electron chi connectivity index (χ4n) is 2.30. The Morgan fingerprint density at radius 2 is 2.14 bits per heavy atom. The van der Waals surface area contributed by atoms with E-state index in [1.54, 1.807) is 13.1 Å². The van der Waals surface area contributed by atoms with Crippen molar-refractivity contribution in [2.24, 2.45) is 9.98 Å². The van der Waals surface area contributed by atoms with Crippen LogP contribution in [0, 0.1) is 17.0 Å². The summed E-state index contributed by atoms with van der Waals surface area (Å²) in [6.45, 7) is 2.23. The zero-order chi connectivity index (χ0) is 15.7. The van der Waals surface area contributed by atoms with E-state index >= 15 is 0 Å². The second-order valence-electron chi connectivity index (χ2n) is 5.05. The van der Waals surface area contributed by atoms with Crippen molar-refractivity contribution in [1.29, 1.82) is 0 Å². The highest BCUT2D eigenvalue weighted by atomic mass is 16.6. The van der Waals surface area contributed by atoms with Crippen LogP contribution < -0.4 is 5.11 Å². The number of aliphatic imine (C=N–C) groups is 2. The molecule has 3 rings (SSSR count). The van der Waals surface area contributed by atoms with Crippen molar-refractivity contribution in [2.75, 3.05) is 0 Å². The number of aryl methyl sites for hydroxylation is 1. The number of fused-ring (bicyclic) bond motifs is 1. The van der Waals surface area contributed by atoms with Gasteiger partial charge in [0, 0.05) is 24.6 Å². The molecule has 0 bridgehead atoms. The van der Waals surface area contributed by atoms with Crippen LogP contribution in [0.1, 0.15) is 22.3 Å². The number of hydrogen-bond acceptors (Lipinski definition) is 5. The van der Waals surface area contributed by atoms with E-state index in [9.17, 15) is 15.2 Å². The average molecular weight is 294 g/mol. The van der Waals surface area contributed by atoms with Crippen LogP contribution in [0.2, 0.25) is 0 Å². The molecule has 0 N–H and O–H groups in total. The summed E-state index contributed by atoms with van der Waals surface area (Å²) in [5.74, 6) is -0.253. The largest absolute Gasteiger partial charge is 0.872 e. The lowest BCUT2D eigenvalue weighted by atomic mass is 10.1. The molecule has 1 aliphatic rings. The molecule has 0 spiro atoms. The Labute approximate surface area is 126 Å². The van der Waals surface area contributed by atoms with Gasteiger partial charge in [0.1, 0.15) is 0 Å². The normalized spacial score (nSPS) is 12.8. The van der Waals surface area contributed by atoms with Gasteiger partial charge in [-0.15, -0.1) is 0 Å². The van der Waals surface area contributed by atoms with Gasteiger partial charge < -0.3 is 5.11 Å². The molecule has 6 heteroatoms. The van der Waals surface area contributed by atoms with E-state index in [4.69, 9.17) is 0 Å². The summed E-state index contributed by atoms with van der Waals surface area (Å²) in [5, 5.41) is 22.9. The number of benzene rings is 2. The van der Waals surface area contributed by atoms with Gasteiger partial charge in [-0.2, -0.15) is 0 Å². The number of rotatable bonds is 3.